The zero-order valence-corrected chi connectivity index (χ0v) is 22.8. The maximum absolute atomic E-state index is 12.8. The number of rotatable bonds is 16. The molecule has 0 spiro atoms. The molecule has 10 heteroatoms. The van der Waals surface area contributed by atoms with Gasteiger partial charge in [0.2, 0.25) is 5.91 Å². The van der Waals surface area contributed by atoms with Gasteiger partial charge in [-0.25, -0.2) is 9.59 Å². The molecular formula is C26H47N3O7. The molecule has 208 valence electrons. The van der Waals surface area contributed by atoms with Crippen LogP contribution in [-0.4, -0.2) is 77.4 Å². The maximum Gasteiger partial charge on any atom is 0.407 e. The zero-order chi connectivity index (χ0) is 27.1. The second kappa shape index (κ2) is 16.4. The first kappa shape index (κ1) is 31.7. The molecule has 10 nitrogen and oxygen atoms in total. The average Bonchev–Trinajstić information content (AvgIpc) is 3.28. The third-order valence-electron chi connectivity index (χ3n) is 6.05. The lowest BCUT2D eigenvalue weighted by Crippen LogP contribution is -2.53. The largest absolute Gasteiger partial charge is 0.480 e. The van der Waals surface area contributed by atoms with E-state index in [-0.39, 0.29) is 24.6 Å². The highest BCUT2D eigenvalue weighted by Crippen LogP contribution is 2.19. The normalized spacial score (nSPS) is 17.4. The molecule has 1 fully saturated rings. The van der Waals surface area contributed by atoms with Crippen LogP contribution < -0.4 is 10.6 Å². The quantitative estimate of drug-likeness (QED) is 0.210. The Morgan fingerprint density at radius 3 is 2.22 bits per heavy atom. The van der Waals surface area contributed by atoms with E-state index in [9.17, 15) is 24.3 Å². The number of alkyl carbamates (subject to hydrolysis) is 1. The van der Waals surface area contributed by atoms with Crippen molar-refractivity contribution in [2.75, 3.05) is 19.7 Å². The number of hydrogen-bond donors (Lipinski definition) is 3. The van der Waals surface area contributed by atoms with Gasteiger partial charge in [-0.1, -0.05) is 38.5 Å². The number of carboxylic acid groups (broad SMARTS) is 1. The van der Waals surface area contributed by atoms with E-state index < -0.39 is 29.7 Å². The van der Waals surface area contributed by atoms with Gasteiger partial charge < -0.3 is 24.8 Å². The van der Waals surface area contributed by atoms with Crippen LogP contribution in [0.2, 0.25) is 0 Å². The number of ether oxygens (including phenoxy) is 2. The lowest BCUT2D eigenvalue weighted by Gasteiger charge is -2.27. The number of carbonyl (C=O) groups excluding carboxylic acids is 3. The number of aliphatic carboxylic acids is 1. The standard InChI is InChI=1S/C26H47N3O7/c1-6-35-24(33)20(28-19(2)22(30)29-18-14-16-21(29)23(31)32)15-12-10-8-7-9-11-13-17-27-25(34)36-26(3,4)5/h19-21,28H,6-18H2,1-5H3,(H,27,34)(H,31,32)/t19-,20-,21-/m0/s1. The molecule has 2 amide bonds. The summed E-state index contributed by atoms with van der Waals surface area (Å²) in [6, 6.07) is -2.07. The molecule has 1 aliphatic rings. The molecule has 0 saturated carbocycles. The fourth-order valence-corrected chi connectivity index (χ4v) is 4.28. The molecule has 1 rings (SSSR count). The van der Waals surface area contributed by atoms with E-state index in [2.05, 4.69) is 10.6 Å². The van der Waals surface area contributed by atoms with Crippen molar-refractivity contribution in [1.29, 1.82) is 0 Å². The van der Waals surface area contributed by atoms with E-state index >= 15 is 0 Å². The molecule has 3 atom stereocenters. The first-order valence-electron chi connectivity index (χ1n) is 13.4. The van der Waals surface area contributed by atoms with Crippen LogP contribution in [0, 0.1) is 0 Å². The van der Waals surface area contributed by atoms with E-state index in [0.717, 1.165) is 44.9 Å². The Bertz CT molecular complexity index is 708. The van der Waals surface area contributed by atoms with Crippen LogP contribution in [0.3, 0.4) is 0 Å². The monoisotopic (exact) mass is 513 g/mol. The van der Waals surface area contributed by atoms with Crippen LogP contribution in [0.4, 0.5) is 4.79 Å². The molecular weight excluding hydrogens is 466 g/mol. The summed E-state index contributed by atoms with van der Waals surface area (Å²) >= 11 is 0. The summed E-state index contributed by atoms with van der Waals surface area (Å²) < 4.78 is 10.4. The Hall–Kier alpha value is -2.36. The molecule has 0 unspecified atom stereocenters. The number of nitrogens with zero attached hydrogens (tertiary/aromatic N) is 1. The highest BCUT2D eigenvalue weighted by Gasteiger charge is 2.36. The van der Waals surface area contributed by atoms with Gasteiger partial charge in [-0.3, -0.25) is 14.9 Å². The molecule has 0 aromatic carbocycles. The van der Waals surface area contributed by atoms with E-state index in [4.69, 9.17) is 9.47 Å². The molecule has 1 saturated heterocycles. The number of carboxylic acids is 1. The van der Waals surface area contributed by atoms with Crippen LogP contribution in [-0.2, 0) is 23.9 Å². The van der Waals surface area contributed by atoms with Crippen molar-refractivity contribution in [2.24, 2.45) is 0 Å². The van der Waals surface area contributed by atoms with E-state index in [1.54, 1.807) is 13.8 Å². The fourth-order valence-electron chi connectivity index (χ4n) is 4.28. The Balaban J connectivity index is 2.30. The van der Waals surface area contributed by atoms with Crippen molar-refractivity contribution in [1.82, 2.24) is 15.5 Å². The summed E-state index contributed by atoms with van der Waals surface area (Å²) in [5.74, 6) is -1.67. The van der Waals surface area contributed by atoms with Crippen LogP contribution >= 0.6 is 0 Å². The number of nitrogens with one attached hydrogen (secondary N) is 2. The molecule has 0 aliphatic carbocycles. The van der Waals surface area contributed by atoms with Gasteiger partial charge >= 0.3 is 18.0 Å². The lowest BCUT2D eigenvalue weighted by molar-refractivity contribution is -0.150. The second-order valence-corrected chi connectivity index (χ2v) is 10.4. The average molecular weight is 514 g/mol. The zero-order valence-electron chi connectivity index (χ0n) is 22.8. The van der Waals surface area contributed by atoms with Gasteiger partial charge in [-0.15, -0.1) is 0 Å². The predicted octanol–water partition coefficient (Wildman–Crippen LogP) is 3.62. The summed E-state index contributed by atoms with van der Waals surface area (Å²) in [5.41, 5.74) is -0.489. The van der Waals surface area contributed by atoms with E-state index in [1.165, 1.54) is 4.90 Å². The van der Waals surface area contributed by atoms with Crippen molar-refractivity contribution in [3.8, 4) is 0 Å². The van der Waals surface area contributed by atoms with Gasteiger partial charge in [0.25, 0.3) is 0 Å². The van der Waals surface area contributed by atoms with Crippen molar-refractivity contribution in [2.45, 2.75) is 123 Å². The first-order valence-corrected chi connectivity index (χ1v) is 13.4. The SMILES string of the molecule is CCOC(=O)[C@H](CCCCCCCCCNC(=O)OC(C)(C)C)N[C@@H](C)C(=O)N1CCC[C@H]1C(=O)O. The highest BCUT2D eigenvalue weighted by molar-refractivity contribution is 5.88. The maximum atomic E-state index is 12.8. The van der Waals surface area contributed by atoms with Crippen molar-refractivity contribution in [3.05, 3.63) is 0 Å². The van der Waals surface area contributed by atoms with Crippen LogP contribution in [0.25, 0.3) is 0 Å². The smallest absolute Gasteiger partial charge is 0.407 e. The van der Waals surface area contributed by atoms with Gasteiger partial charge in [0.15, 0.2) is 0 Å². The third kappa shape index (κ3) is 12.6. The molecule has 1 aliphatic heterocycles. The van der Waals surface area contributed by atoms with Crippen LogP contribution in [0.1, 0.15) is 98.8 Å². The summed E-state index contributed by atoms with van der Waals surface area (Å²) in [4.78, 5) is 49.7. The number of likely N-dealkylation sites (tertiary alicyclic amines) is 1. The van der Waals surface area contributed by atoms with E-state index in [1.807, 2.05) is 20.8 Å². The van der Waals surface area contributed by atoms with Gasteiger partial charge in [-0.2, -0.15) is 0 Å². The minimum atomic E-state index is -0.991. The minimum absolute atomic E-state index is 0.259. The molecule has 1 heterocycles. The topological polar surface area (TPSA) is 134 Å². The minimum Gasteiger partial charge on any atom is -0.480 e. The van der Waals surface area contributed by atoms with Crippen molar-refractivity contribution in [3.63, 3.8) is 0 Å². The van der Waals surface area contributed by atoms with Crippen molar-refractivity contribution >= 4 is 23.9 Å². The third-order valence-corrected chi connectivity index (χ3v) is 6.05. The van der Waals surface area contributed by atoms with Gasteiger partial charge in [0, 0.05) is 13.1 Å². The Morgan fingerprint density at radius 2 is 1.64 bits per heavy atom. The lowest BCUT2D eigenvalue weighted by atomic mass is 10.0. The van der Waals surface area contributed by atoms with Crippen molar-refractivity contribution < 1.29 is 33.8 Å². The number of carbonyl (C=O) groups is 4. The molecule has 0 bridgehead atoms. The number of amides is 2. The number of hydrogen-bond acceptors (Lipinski definition) is 7. The Morgan fingerprint density at radius 1 is 1.03 bits per heavy atom. The van der Waals surface area contributed by atoms with Gasteiger partial charge in [-0.05, 0) is 60.3 Å². The predicted molar refractivity (Wildman–Crippen MR) is 137 cm³/mol. The fraction of sp³-hybridized carbons (Fsp3) is 0.846. The summed E-state index contributed by atoms with van der Waals surface area (Å²) in [7, 11) is 0. The molecule has 0 aromatic heterocycles. The van der Waals surface area contributed by atoms with E-state index in [0.29, 0.717) is 32.4 Å². The summed E-state index contributed by atoms with van der Waals surface area (Å²) in [6.45, 7) is 10.2. The van der Waals surface area contributed by atoms with Crippen LogP contribution in [0.5, 0.6) is 0 Å². The Kier molecular flexibility index (Phi) is 14.4. The second-order valence-electron chi connectivity index (χ2n) is 10.4. The molecule has 3 N–H and O–H groups in total. The molecule has 0 aromatic rings. The van der Waals surface area contributed by atoms with Gasteiger partial charge in [0.1, 0.15) is 17.7 Å². The Labute approximate surface area is 215 Å². The highest BCUT2D eigenvalue weighted by atomic mass is 16.6. The number of unbranched alkanes of at least 4 members (excludes halogenated alkanes) is 6. The first-order chi connectivity index (χ1) is 17.0. The summed E-state index contributed by atoms with van der Waals surface area (Å²) in [6.07, 6.45) is 8.18. The molecule has 0 radical (unpaired) electrons. The van der Waals surface area contributed by atoms with Gasteiger partial charge in [0.05, 0.1) is 12.6 Å². The molecule has 36 heavy (non-hydrogen) atoms. The number of esters is 1. The van der Waals surface area contributed by atoms with Crippen LogP contribution in [0.15, 0.2) is 0 Å². The summed E-state index contributed by atoms with van der Waals surface area (Å²) in [5, 5.41) is 15.2.